The molecular weight excluding hydrogens is 356 g/mol. The average molecular weight is 377 g/mol. The summed E-state index contributed by atoms with van der Waals surface area (Å²) in [7, 11) is 1.73. The van der Waals surface area contributed by atoms with Gasteiger partial charge in [-0.05, 0) is 44.0 Å². The van der Waals surface area contributed by atoms with Gasteiger partial charge in [-0.2, -0.15) is 0 Å². The van der Waals surface area contributed by atoms with Crippen molar-refractivity contribution in [2.24, 2.45) is 0 Å². The van der Waals surface area contributed by atoms with Crippen LogP contribution in [0.25, 0.3) is 0 Å². The number of carbonyl (C=O) groups excluding carboxylic acids is 2. The minimum absolute atomic E-state index is 0.0261. The van der Waals surface area contributed by atoms with Crippen molar-refractivity contribution in [2.45, 2.75) is 20.8 Å². The molecule has 6 heteroatoms. The lowest BCUT2D eigenvalue weighted by atomic mass is 10.0. The topological polar surface area (TPSA) is 49.4 Å². The maximum Gasteiger partial charge on any atom is 0.286 e. The lowest BCUT2D eigenvalue weighted by molar-refractivity contribution is -0.113. The van der Waals surface area contributed by atoms with E-state index >= 15 is 0 Å². The molecule has 2 aromatic carbocycles. The third-order valence-electron chi connectivity index (χ3n) is 3.72. The maximum absolute atomic E-state index is 12.4. The first-order valence-electron chi connectivity index (χ1n) is 7.82. The fourth-order valence-corrected chi connectivity index (χ4v) is 3.56. The lowest BCUT2D eigenvalue weighted by Gasteiger charge is -2.22. The molecule has 0 spiro atoms. The summed E-state index contributed by atoms with van der Waals surface area (Å²) < 4.78 is 0. The highest BCUT2D eigenvalue weighted by molar-refractivity contribution is 8.14. The van der Waals surface area contributed by atoms with Crippen LogP contribution < -0.4 is 10.2 Å². The van der Waals surface area contributed by atoms with Crippen molar-refractivity contribution in [1.29, 1.82) is 0 Å². The van der Waals surface area contributed by atoms with E-state index in [0.717, 1.165) is 34.1 Å². The van der Waals surface area contributed by atoms with Crippen LogP contribution in [0.2, 0.25) is 5.02 Å². The van der Waals surface area contributed by atoms with E-state index in [1.165, 1.54) is 0 Å². The van der Waals surface area contributed by atoms with Gasteiger partial charge in [0.2, 0.25) is 5.91 Å². The Balaban J connectivity index is 1.98. The highest BCUT2D eigenvalue weighted by atomic mass is 35.5. The first-order valence-corrected chi connectivity index (χ1v) is 9.18. The minimum Gasteiger partial charge on any atom is -0.324 e. The monoisotopic (exact) mass is 376 g/mol. The van der Waals surface area contributed by atoms with E-state index in [0.29, 0.717) is 10.7 Å². The van der Waals surface area contributed by atoms with Crippen LogP contribution in [-0.4, -0.2) is 23.9 Å². The number of nitrogens with zero attached hydrogens (tertiary/aromatic N) is 1. The maximum atomic E-state index is 12.4. The molecule has 0 heterocycles. The Bertz CT molecular complexity index is 785. The quantitative estimate of drug-likeness (QED) is 0.798. The molecule has 2 aromatic rings. The van der Waals surface area contributed by atoms with E-state index in [4.69, 9.17) is 11.6 Å². The van der Waals surface area contributed by atoms with Gasteiger partial charge in [-0.15, -0.1) is 0 Å². The Kier molecular flexibility index (Phi) is 6.51. The zero-order valence-electron chi connectivity index (χ0n) is 14.7. The summed E-state index contributed by atoms with van der Waals surface area (Å²) in [5.74, 6) is -0.240. The van der Waals surface area contributed by atoms with Crippen molar-refractivity contribution < 1.29 is 9.59 Å². The standard InChI is InChI=1S/C19H21ClN2O2S/c1-12-9-13(2)18(14(3)10-12)22(4)19(24)25-11-17(23)21-16-8-6-5-7-15(16)20/h5-10H,11H2,1-4H3,(H,21,23). The van der Waals surface area contributed by atoms with Crippen LogP contribution in [0, 0.1) is 20.8 Å². The molecule has 0 aliphatic rings. The van der Waals surface area contributed by atoms with E-state index < -0.39 is 0 Å². The van der Waals surface area contributed by atoms with Crippen LogP contribution >= 0.6 is 23.4 Å². The zero-order chi connectivity index (χ0) is 18.6. The van der Waals surface area contributed by atoms with Crippen molar-refractivity contribution in [3.8, 4) is 0 Å². The number of halogens is 1. The number of benzene rings is 2. The molecule has 132 valence electrons. The summed E-state index contributed by atoms with van der Waals surface area (Å²) in [4.78, 5) is 26.1. The number of aryl methyl sites for hydroxylation is 3. The van der Waals surface area contributed by atoms with Gasteiger partial charge in [0.1, 0.15) is 0 Å². The molecule has 2 amide bonds. The third-order valence-corrected chi connectivity index (χ3v) is 4.98. The van der Waals surface area contributed by atoms with Crippen molar-refractivity contribution in [1.82, 2.24) is 0 Å². The fraction of sp³-hybridized carbons (Fsp3) is 0.263. The smallest absolute Gasteiger partial charge is 0.286 e. The minimum atomic E-state index is -0.266. The van der Waals surface area contributed by atoms with Crippen molar-refractivity contribution in [3.05, 3.63) is 58.1 Å². The van der Waals surface area contributed by atoms with Crippen LogP contribution in [0.1, 0.15) is 16.7 Å². The Morgan fingerprint density at radius 2 is 1.72 bits per heavy atom. The molecule has 0 saturated carbocycles. The van der Waals surface area contributed by atoms with E-state index in [1.54, 1.807) is 36.2 Å². The van der Waals surface area contributed by atoms with Crippen LogP contribution in [0.15, 0.2) is 36.4 Å². The largest absolute Gasteiger partial charge is 0.324 e. The van der Waals surface area contributed by atoms with E-state index in [9.17, 15) is 9.59 Å². The number of rotatable bonds is 4. The molecule has 0 bridgehead atoms. The zero-order valence-corrected chi connectivity index (χ0v) is 16.3. The average Bonchev–Trinajstić information content (AvgIpc) is 2.53. The van der Waals surface area contributed by atoms with Crippen LogP contribution in [-0.2, 0) is 4.79 Å². The summed E-state index contributed by atoms with van der Waals surface area (Å²) in [5.41, 5.74) is 4.66. The number of hydrogen-bond acceptors (Lipinski definition) is 3. The summed E-state index contributed by atoms with van der Waals surface area (Å²) in [6, 6.07) is 11.1. The van der Waals surface area contributed by atoms with Crippen molar-refractivity contribution in [2.75, 3.05) is 23.0 Å². The SMILES string of the molecule is Cc1cc(C)c(N(C)C(=O)SCC(=O)Nc2ccccc2Cl)c(C)c1. The molecule has 0 aromatic heterocycles. The second-order valence-corrected chi connectivity index (χ2v) is 7.22. The summed E-state index contributed by atoms with van der Waals surface area (Å²) in [5, 5.41) is 3.00. The van der Waals surface area contributed by atoms with Crippen molar-refractivity contribution in [3.63, 3.8) is 0 Å². The van der Waals surface area contributed by atoms with Gasteiger partial charge < -0.3 is 10.2 Å². The van der Waals surface area contributed by atoms with Gasteiger partial charge >= 0.3 is 0 Å². The number of anilines is 2. The Labute approximate surface area is 157 Å². The van der Waals surface area contributed by atoms with Gasteiger partial charge in [0.25, 0.3) is 5.24 Å². The molecular formula is C19H21ClN2O2S. The second kappa shape index (κ2) is 8.41. The van der Waals surface area contributed by atoms with Crippen LogP contribution in [0.5, 0.6) is 0 Å². The molecule has 2 rings (SSSR count). The molecule has 4 nitrogen and oxygen atoms in total. The number of amides is 2. The molecule has 1 N–H and O–H groups in total. The second-order valence-electron chi connectivity index (χ2n) is 5.89. The highest BCUT2D eigenvalue weighted by Gasteiger charge is 2.18. The first kappa shape index (κ1) is 19.3. The third kappa shape index (κ3) is 5.00. The van der Waals surface area contributed by atoms with E-state index in [2.05, 4.69) is 5.32 Å². The molecule has 0 radical (unpaired) electrons. The molecule has 0 atom stereocenters. The van der Waals surface area contributed by atoms with Crippen molar-refractivity contribution >= 4 is 45.9 Å². The van der Waals surface area contributed by atoms with Crippen LogP contribution in [0.4, 0.5) is 16.2 Å². The number of hydrogen-bond donors (Lipinski definition) is 1. The van der Waals surface area contributed by atoms with Gasteiger partial charge in [-0.3, -0.25) is 9.59 Å². The molecule has 0 aliphatic heterocycles. The predicted molar refractivity (Wildman–Crippen MR) is 107 cm³/mol. The summed E-state index contributed by atoms with van der Waals surface area (Å²) >= 11 is 6.98. The normalized spacial score (nSPS) is 10.4. The number of nitrogens with one attached hydrogen (secondary N) is 1. The number of para-hydroxylation sites is 1. The summed E-state index contributed by atoms with van der Waals surface area (Å²) in [6.45, 7) is 5.99. The first-order chi connectivity index (χ1) is 11.8. The number of thioether (sulfide) groups is 1. The lowest BCUT2D eigenvalue weighted by Crippen LogP contribution is -2.26. The van der Waals surface area contributed by atoms with Crippen LogP contribution in [0.3, 0.4) is 0 Å². The van der Waals surface area contributed by atoms with Gasteiger partial charge in [-0.1, -0.05) is 53.2 Å². The molecule has 0 fully saturated rings. The Morgan fingerprint density at radius 1 is 1.12 bits per heavy atom. The highest BCUT2D eigenvalue weighted by Crippen LogP contribution is 2.28. The van der Waals surface area contributed by atoms with Gasteiger partial charge in [0, 0.05) is 12.7 Å². The fourth-order valence-electron chi connectivity index (χ4n) is 2.77. The molecule has 25 heavy (non-hydrogen) atoms. The molecule has 0 aliphatic carbocycles. The number of carbonyl (C=O) groups is 2. The Morgan fingerprint density at radius 3 is 2.32 bits per heavy atom. The predicted octanol–water partition coefficient (Wildman–Crippen LogP) is 5.19. The van der Waals surface area contributed by atoms with E-state index in [-0.39, 0.29) is 16.9 Å². The summed E-state index contributed by atoms with van der Waals surface area (Å²) in [6.07, 6.45) is 0. The van der Waals surface area contributed by atoms with Gasteiger partial charge in [0.15, 0.2) is 0 Å². The Hall–Kier alpha value is -1.98. The van der Waals surface area contributed by atoms with Gasteiger partial charge in [-0.25, -0.2) is 0 Å². The molecule has 0 saturated heterocycles. The van der Waals surface area contributed by atoms with E-state index in [1.807, 2.05) is 32.9 Å². The van der Waals surface area contributed by atoms with Gasteiger partial charge in [0.05, 0.1) is 16.5 Å². The molecule has 0 unspecified atom stereocenters.